The molecule has 6 rings (SSSR count). The predicted octanol–water partition coefficient (Wildman–Crippen LogP) is 2.92. The van der Waals surface area contributed by atoms with Crippen LogP contribution >= 0.6 is 0 Å². The van der Waals surface area contributed by atoms with E-state index in [0.717, 1.165) is 84.3 Å². The van der Waals surface area contributed by atoms with Gasteiger partial charge in [-0.25, -0.2) is 4.39 Å². The van der Waals surface area contributed by atoms with Crippen LogP contribution in [0.3, 0.4) is 0 Å². The number of nitrogens with zero attached hydrogens (tertiary/aromatic N) is 1. The van der Waals surface area contributed by atoms with Crippen molar-refractivity contribution in [3.63, 3.8) is 0 Å². The Bertz CT molecular complexity index is 550. The summed E-state index contributed by atoms with van der Waals surface area (Å²) in [6.45, 7) is 7.15. The van der Waals surface area contributed by atoms with Crippen molar-refractivity contribution in [3.8, 4) is 0 Å². The maximum atomic E-state index is 15.0. The number of ether oxygens (including phenoxy) is 3. The first-order chi connectivity index (χ1) is 14.2. The van der Waals surface area contributed by atoms with Crippen molar-refractivity contribution >= 4 is 0 Å². The SMILES string of the molecule is C[C@@H]1C[C@]2(COCCN2)[C@H]2COC3CCC(CC3)C3C(F)CCCC3OCCN12. The largest absolute Gasteiger partial charge is 0.378 e. The Balaban J connectivity index is 1.37. The number of morpholine rings is 1. The Morgan fingerprint density at radius 2 is 1.90 bits per heavy atom. The zero-order valence-electron chi connectivity index (χ0n) is 18.0. The smallest absolute Gasteiger partial charge is 0.106 e. The van der Waals surface area contributed by atoms with Gasteiger partial charge in [0.2, 0.25) is 0 Å². The fraction of sp³-hybridized carbons (Fsp3) is 1.00. The number of rotatable bonds is 0. The molecule has 0 aromatic carbocycles. The van der Waals surface area contributed by atoms with Crippen LogP contribution in [0.25, 0.3) is 0 Å². The van der Waals surface area contributed by atoms with Crippen LogP contribution < -0.4 is 5.32 Å². The summed E-state index contributed by atoms with van der Waals surface area (Å²) in [5.41, 5.74) is -0.00748. The zero-order chi connectivity index (χ0) is 19.8. The van der Waals surface area contributed by atoms with Crippen molar-refractivity contribution in [1.29, 1.82) is 0 Å². The highest BCUT2D eigenvalue weighted by atomic mass is 19.1. The van der Waals surface area contributed by atoms with Crippen molar-refractivity contribution in [2.24, 2.45) is 11.8 Å². The molecule has 0 radical (unpaired) electrons. The van der Waals surface area contributed by atoms with Crippen LogP contribution in [0, 0.1) is 11.8 Å². The van der Waals surface area contributed by atoms with E-state index in [9.17, 15) is 4.39 Å². The molecular weight excluding hydrogens is 371 g/mol. The minimum absolute atomic E-state index is 0.00748. The third-order valence-electron chi connectivity index (χ3n) is 8.60. The summed E-state index contributed by atoms with van der Waals surface area (Å²) in [5, 5.41) is 3.81. The van der Waals surface area contributed by atoms with E-state index in [1.54, 1.807) is 0 Å². The monoisotopic (exact) mass is 410 g/mol. The van der Waals surface area contributed by atoms with Crippen LogP contribution in [0.5, 0.6) is 0 Å². The second-order valence-electron chi connectivity index (χ2n) is 10.2. The van der Waals surface area contributed by atoms with Gasteiger partial charge in [0.1, 0.15) is 6.17 Å². The molecule has 5 nitrogen and oxygen atoms in total. The van der Waals surface area contributed by atoms with Gasteiger partial charge in [-0.1, -0.05) is 0 Å². The van der Waals surface area contributed by atoms with Gasteiger partial charge in [-0.2, -0.15) is 0 Å². The summed E-state index contributed by atoms with van der Waals surface area (Å²) < 4.78 is 33.8. The molecule has 2 saturated carbocycles. The molecule has 4 heterocycles. The standard InChI is InChI=1S/C23H39FN2O3/c1-16-13-23(15-27-11-9-25-23)21-14-29-18-7-5-17(6-8-18)22-19(24)3-2-4-20(22)28-12-10-26(16)21/h16-22,25H,2-15H2,1H3/t16-,17?,18?,19?,20?,21-,22?,23+/m1/s1. The molecule has 1 N–H and O–H groups in total. The van der Waals surface area contributed by atoms with Crippen molar-refractivity contribution in [3.05, 3.63) is 0 Å². The van der Waals surface area contributed by atoms with E-state index in [4.69, 9.17) is 14.2 Å². The molecule has 1 spiro atoms. The van der Waals surface area contributed by atoms with E-state index in [2.05, 4.69) is 17.1 Å². The summed E-state index contributed by atoms with van der Waals surface area (Å²) in [7, 11) is 0. The second kappa shape index (κ2) is 8.70. The Morgan fingerprint density at radius 3 is 2.69 bits per heavy atom. The Morgan fingerprint density at radius 1 is 1.03 bits per heavy atom. The number of halogens is 1. The number of alkyl halides is 1. The fourth-order valence-corrected chi connectivity index (χ4v) is 7.16. The van der Waals surface area contributed by atoms with Crippen molar-refractivity contribution < 1.29 is 18.6 Å². The average molecular weight is 411 g/mol. The normalized spacial score (nSPS) is 49.7. The lowest BCUT2D eigenvalue weighted by atomic mass is 9.70. The maximum Gasteiger partial charge on any atom is 0.106 e. The summed E-state index contributed by atoms with van der Waals surface area (Å²) >= 11 is 0. The predicted molar refractivity (Wildman–Crippen MR) is 110 cm³/mol. The highest BCUT2D eigenvalue weighted by Gasteiger charge is 2.52. The minimum atomic E-state index is -0.688. The van der Waals surface area contributed by atoms with E-state index in [-0.39, 0.29) is 17.6 Å². The van der Waals surface area contributed by atoms with E-state index in [1.807, 2.05) is 0 Å². The van der Waals surface area contributed by atoms with E-state index < -0.39 is 6.17 Å². The zero-order valence-corrected chi connectivity index (χ0v) is 18.0. The van der Waals surface area contributed by atoms with Crippen molar-refractivity contribution in [2.45, 2.75) is 94.3 Å². The maximum absolute atomic E-state index is 15.0. The van der Waals surface area contributed by atoms with E-state index >= 15 is 0 Å². The number of nitrogens with one attached hydrogen (secondary N) is 1. The summed E-state index contributed by atoms with van der Waals surface area (Å²) in [4.78, 5) is 2.58. The highest BCUT2D eigenvalue weighted by molar-refractivity contribution is 5.10. The van der Waals surface area contributed by atoms with Crippen molar-refractivity contribution in [1.82, 2.24) is 10.2 Å². The molecule has 2 aliphatic carbocycles. The molecule has 6 fully saturated rings. The lowest BCUT2D eigenvalue weighted by Crippen LogP contribution is -2.63. The quantitative estimate of drug-likeness (QED) is 0.665. The van der Waals surface area contributed by atoms with Crippen molar-refractivity contribution in [2.75, 3.05) is 39.5 Å². The number of hydrogen-bond acceptors (Lipinski definition) is 5. The fourth-order valence-electron chi connectivity index (χ4n) is 7.16. The average Bonchev–Trinajstić information content (AvgIpc) is 2.98. The Hall–Kier alpha value is -0.270. The molecule has 2 bridgehead atoms. The van der Waals surface area contributed by atoms with Gasteiger partial charge in [-0.15, -0.1) is 0 Å². The van der Waals surface area contributed by atoms with Crippen LogP contribution in [-0.2, 0) is 14.2 Å². The number of fused-ring (bicyclic) bond motifs is 5. The first-order valence-corrected chi connectivity index (χ1v) is 12.1. The third kappa shape index (κ3) is 4.00. The molecular formula is C23H39FN2O3. The first-order valence-electron chi connectivity index (χ1n) is 12.1. The summed E-state index contributed by atoms with van der Waals surface area (Å²) in [5.74, 6) is 0.561. The van der Waals surface area contributed by atoms with E-state index in [1.165, 1.54) is 0 Å². The minimum Gasteiger partial charge on any atom is -0.378 e. The van der Waals surface area contributed by atoms with Crippen LogP contribution in [0.1, 0.15) is 58.3 Å². The van der Waals surface area contributed by atoms with E-state index in [0.29, 0.717) is 30.7 Å². The van der Waals surface area contributed by atoms with Gasteiger partial charge in [0.15, 0.2) is 0 Å². The molecule has 6 heteroatoms. The lowest BCUT2D eigenvalue weighted by molar-refractivity contribution is -0.0772. The molecule has 0 aromatic rings. The summed E-state index contributed by atoms with van der Waals surface area (Å²) in [6.07, 6.45) is 7.86. The molecule has 29 heavy (non-hydrogen) atoms. The second-order valence-corrected chi connectivity index (χ2v) is 10.2. The van der Waals surface area contributed by atoms with Gasteiger partial charge in [0.05, 0.1) is 50.2 Å². The van der Waals surface area contributed by atoms with Crippen LogP contribution in [0.2, 0.25) is 0 Å². The van der Waals surface area contributed by atoms with Gasteiger partial charge in [-0.05, 0) is 64.2 Å². The van der Waals surface area contributed by atoms with Crippen LogP contribution in [-0.4, -0.2) is 80.4 Å². The Kier molecular flexibility index (Phi) is 6.18. The first kappa shape index (κ1) is 20.6. The van der Waals surface area contributed by atoms with Gasteiger partial charge >= 0.3 is 0 Å². The van der Waals surface area contributed by atoms with Crippen LogP contribution in [0.4, 0.5) is 4.39 Å². The van der Waals surface area contributed by atoms with Gasteiger partial charge in [0.25, 0.3) is 0 Å². The molecule has 0 amide bonds. The molecule has 0 aromatic heterocycles. The lowest BCUT2D eigenvalue weighted by Gasteiger charge is -2.42. The van der Waals surface area contributed by atoms with Crippen LogP contribution in [0.15, 0.2) is 0 Å². The molecule has 4 saturated heterocycles. The van der Waals surface area contributed by atoms with Gasteiger partial charge < -0.3 is 19.5 Å². The third-order valence-corrected chi connectivity index (χ3v) is 8.60. The topological polar surface area (TPSA) is 43.0 Å². The molecule has 6 atom stereocenters. The molecule has 3 unspecified atom stereocenters. The molecule has 6 aliphatic rings. The number of hydrogen-bond donors (Lipinski definition) is 1. The molecule has 4 aliphatic heterocycles. The highest BCUT2D eigenvalue weighted by Crippen LogP contribution is 2.43. The Labute approximate surface area is 175 Å². The van der Waals surface area contributed by atoms with Gasteiger partial charge in [-0.3, -0.25) is 4.90 Å². The summed E-state index contributed by atoms with van der Waals surface area (Å²) in [6, 6.07) is 0.787. The molecule has 166 valence electrons. The van der Waals surface area contributed by atoms with Gasteiger partial charge in [0, 0.05) is 25.0 Å².